The summed E-state index contributed by atoms with van der Waals surface area (Å²) in [6.07, 6.45) is 3.99. The van der Waals surface area contributed by atoms with Crippen LogP contribution in [0.1, 0.15) is 55.5 Å². The number of aromatic nitrogens is 2. The molecule has 1 amide bonds. The molecule has 6 nitrogen and oxygen atoms in total. The number of halogens is 1. The summed E-state index contributed by atoms with van der Waals surface area (Å²) in [5, 5.41) is 11.2. The third-order valence-electron chi connectivity index (χ3n) is 6.71. The third kappa shape index (κ3) is 4.76. The van der Waals surface area contributed by atoms with Crippen LogP contribution in [0.2, 0.25) is 5.02 Å². The maximum absolute atomic E-state index is 13.0. The number of amides is 1. The Hall–Kier alpha value is -2.86. The van der Waals surface area contributed by atoms with Crippen LogP contribution in [0, 0.1) is 12.3 Å². The van der Waals surface area contributed by atoms with Crippen molar-refractivity contribution in [1.29, 1.82) is 0 Å². The minimum atomic E-state index is -0.828. The van der Waals surface area contributed by atoms with Gasteiger partial charge in [0.1, 0.15) is 5.65 Å². The second-order valence-electron chi connectivity index (χ2n) is 9.58. The Balaban J connectivity index is 1.56. The van der Waals surface area contributed by atoms with Crippen molar-refractivity contribution < 1.29 is 14.7 Å². The number of benzene rings is 1. The summed E-state index contributed by atoms with van der Waals surface area (Å²) in [6.45, 7) is 7.23. The first kappa shape index (κ1) is 23.3. The maximum Gasteiger partial charge on any atom is 0.309 e. The highest BCUT2D eigenvalue weighted by Crippen LogP contribution is 2.32. The van der Waals surface area contributed by atoms with Crippen molar-refractivity contribution in [3.8, 4) is 0 Å². The van der Waals surface area contributed by atoms with Gasteiger partial charge in [-0.05, 0) is 74.9 Å². The molecular weight excluding hydrogens is 438 g/mol. The zero-order valence-corrected chi connectivity index (χ0v) is 20.2. The number of hydrogen-bond acceptors (Lipinski definition) is 3. The van der Waals surface area contributed by atoms with Crippen LogP contribution in [0.15, 0.2) is 36.5 Å². The first-order valence-corrected chi connectivity index (χ1v) is 11.8. The fourth-order valence-electron chi connectivity index (χ4n) is 4.51. The lowest BCUT2D eigenvalue weighted by molar-refractivity contribution is -0.147. The Kier molecular flexibility index (Phi) is 6.48. The highest BCUT2D eigenvalue weighted by atomic mass is 35.5. The smallest absolute Gasteiger partial charge is 0.309 e. The molecule has 0 bridgehead atoms. The molecule has 0 atom stereocenters. The van der Waals surface area contributed by atoms with E-state index in [2.05, 4.69) is 21.7 Å². The number of aryl methyl sites for hydroxylation is 1. The largest absolute Gasteiger partial charge is 0.481 e. The predicted molar refractivity (Wildman–Crippen MR) is 129 cm³/mol. The number of fused-ring (bicyclic) bond motifs is 3. The quantitative estimate of drug-likeness (QED) is 0.517. The first-order valence-electron chi connectivity index (χ1n) is 11.4. The lowest BCUT2D eigenvalue weighted by atomic mass is 9.87. The Labute approximate surface area is 199 Å². The number of carboxylic acids is 1. The number of aliphatic carboxylic acids is 1. The van der Waals surface area contributed by atoms with Crippen molar-refractivity contribution >= 4 is 34.5 Å². The summed E-state index contributed by atoms with van der Waals surface area (Å²) in [5.74, 6) is -0.754. The fourth-order valence-corrected chi connectivity index (χ4v) is 4.71. The monoisotopic (exact) mass is 467 g/mol. The van der Waals surface area contributed by atoms with E-state index >= 15 is 0 Å². The topological polar surface area (TPSA) is 75.4 Å². The van der Waals surface area contributed by atoms with Gasteiger partial charge in [-0.15, -0.1) is 0 Å². The van der Waals surface area contributed by atoms with Crippen LogP contribution in [0.4, 0.5) is 0 Å². The lowest BCUT2D eigenvalue weighted by Gasteiger charge is -2.29. The van der Waals surface area contributed by atoms with E-state index in [1.807, 2.05) is 30.0 Å². The normalized spacial score (nSPS) is 13.9. The molecule has 0 unspecified atom stereocenters. The molecule has 1 N–H and O–H groups in total. The zero-order valence-electron chi connectivity index (χ0n) is 19.4. The SMILES string of the molecule is Cc1ccc(Cn2c3c(c4cccnc42)CCN(C(=O)CCCC(C)(C)C(=O)O)C3)cc1Cl. The average Bonchev–Trinajstić information content (AvgIpc) is 3.09. The van der Waals surface area contributed by atoms with Gasteiger partial charge in [0.25, 0.3) is 0 Å². The molecule has 7 heteroatoms. The van der Waals surface area contributed by atoms with E-state index in [4.69, 9.17) is 11.6 Å². The van der Waals surface area contributed by atoms with Crippen LogP contribution in [-0.2, 0) is 29.1 Å². The van der Waals surface area contributed by atoms with Crippen LogP contribution in [0.5, 0.6) is 0 Å². The van der Waals surface area contributed by atoms with E-state index in [-0.39, 0.29) is 5.91 Å². The number of pyridine rings is 1. The summed E-state index contributed by atoms with van der Waals surface area (Å²) in [7, 11) is 0. The van der Waals surface area contributed by atoms with Crippen molar-refractivity contribution in [2.45, 2.75) is 59.5 Å². The Morgan fingerprint density at radius 2 is 2.03 bits per heavy atom. The number of nitrogens with zero attached hydrogens (tertiary/aromatic N) is 3. The van der Waals surface area contributed by atoms with Crippen molar-refractivity contribution in [2.75, 3.05) is 6.54 Å². The van der Waals surface area contributed by atoms with Gasteiger partial charge in [-0.3, -0.25) is 9.59 Å². The van der Waals surface area contributed by atoms with Gasteiger partial charge in [0.15, 0.2) is 0 Å². The van der Waals surface area contributed by atoms with Crippen molar-refractivity contribution in [3.05, 3.63) is 63.9 Å². The van der Waals surface area contributed by atoms with E-state index < -0.39 is 11.4 Å². The lowest BCUT2D eigenvalue weighted by Crippen LogP contribution is -2.36. The zero-order chi connectivity index (χ0) is 23.8. The second kappa shape index (κ2) is 9.18. The van der Waals surface area contributed by atoms with Crippen LogP contribution in [-0.4, -0.2) is 38.0 Å². The number of carbonyl (C=O) groups excluding carboxylic acids is 1. The van der Waals surface area contributed by atoms with Crippen LogP contribution < -0.4 is 0 Å². The molecule has 4 rings (SSSR count). The standard InChI is InChI=1S/C26H30ClN3O3/c1-17-8-9-18(14-21(17)27)15-30-22-16-29(23(31)7-4-11-26(2,3)25(32)33)13-10-19(22)20-6-5-12-28-24(20)30/h5-6,8-9,12,14H,4,7,10-11,13,15-16H2,1-3H3,(H,32,33). The van der Waals surface area contributed by atoms with E-state index in [0.717, 1.165) is 39.3 Å². The highest BCUT2D eigenvalue weighted by molar-refractivity contribution is 6.31. The van der Waals surface area contributed by atoms with E-state index in [0.29, 0.717) is 38.9 Å². The third-order valence-corrected chi connectivity index (χ3v) is 7.12. The number of carboxylic acid groups (broad SMARTS) is 1. The Bertz CT molecular complexity index is 1210. The molecule has 3 aromatic rings. The summed E-state index contributed by atoms with van der Waals surface area (Å²) in [5.41, 5.74) is 4.62. The van der Waals surface area contributed by atoms with Gasteiger partial charge in [-0.25, -0.2) is 4.98 Å². The van der Waals surface area contributed by atoms with Crippen molar-refractivity contribution in [2.24, 2.45) is 5.41 Å². The maximum atomic E-state index is 13.0. The van der Waals surface area contributed by atoms with Crippen molar-refractivity contribution in [3.63, 3.8) is 0 Å². The van der Waals surface area contributed by atoms with E-state index in [1.165, 1.54) is 5.56 Å². The molecule has 2 aromatic heterocycles. The van der Waals surface area contributed by atoms with Gasteiger partial charge in [0.2, 0.25) is 5.91 Å². The number of rotatable bonds is 7. The van der Waals surface area contributed by atoms with Gasteiger partial charge >= 0.3 is 5.97 Å². The molecule has 0 saturated heterocycles. The molecule has 3 heterocycles. The summed E-state index contributed by atoms with van der Waals surface area (Å²) < 4.78 is 2.21. The molecule has 0 saturated carbocycles. The average molecular weight is 468 g/mol. The Morgan fingerprint density at radius 3 is 2.76 bits per heavy atom. The molecule has 33 heavy (non-hydrogen) atoms. The highest BCUT2D eigenvalue weighted by Gasteiger charge is 2.29. The number of hydrogen-bond donors (Lipinski definition) is 1. The van der Waals surface area contributed by atoms with Crippen LogP contribution in [0.25, 0.3) is 11.0 Å². The molecule has 0 spiro atoms. The molecule has 174 valence electrons. The summed E-state index contributed by atoms with van der Waals surface area (Å²) in [6, 6.07) is 10.2. The minimum absolute atomic E-state index is 0.0741. The van der Waals surface area contributed by atoms with Crippen LogP contribution >= 0.6 is 11.6 Å². The van der Waals surface area contributed by atoms with Gasteiger partial charge < -0.3 is 14.6 Å². The van der Waals surface area contributed by atoms with E-state index in [9.17, 15) is 14.7 Å². The summed E-state index contributed by atoms with van der Waals surface area (Å²) >= 11 is 6.37. The molecule has 1 aromatic carbocycles. The van der Waals surface area contributed by atoms with Gasteiger partial charge in [-0.1, -0.05) is 23.7 Å². The molecule has 1 aliphatic rings. The molecule has 1 aliphatic heterocycles. The molecule has 0 aliphatic carbocycles. The second-order valence-corrected chi connectivity index (χ2v) is 9.98. The predicted octanol–water partition coefficient (Wildman–Crippen LogP) is 5.21. The number of carbonyl (C=O) groups is 2. The minimum Gasteiger partial charge on any atom is -0.481 e. The van der Waals surface area contributed by atoms with Gasteiger partial charge in [0.05, 0.1) is 12.0 Å². The molecule has 0 radical (unpaired) electrons. The first-order chi connectivity index (χ1) is 15.7. The van der Waals surface area contributed by atoms with E-state index in [1.54, 1.807) is 20.0 Å². The van der Waals surface area contributed by atoms with Crippen LogP contribution in [0.3, 0.4) is 0 Å². The molecular formula is C26H30ClN3O3. The fraction of sp³-hybridized carbons (Fsp3) is 0.423. The van der Waals surface area contributed by atoms with Gasteiger partial charge in [-0.2, -0.15) is 0 Å². The molecule has 0 fully saturated rings. The summed E-state index contributed by atoms with van der Waals surface area (Å²) in [4.78, 5) is 30.9. The van der Waals surface area contributed by atoms with Gasteiger partial charge in [0, 0.05) is 41.8 Å². The van der Waals surface area contributed by atoms with Crippen molar-refractivity contribution in [1.82, 2.24) is 14.5 Å². The Morgan fingerprint density at radius 1 is 1.24 bits per heavy atom.